The molecule has 2 N–H and O–H groups in total. The molecule has 4 aromatic rings. The van der Waals surface area contributed by atoms with Crippen LogP contribution >= 0.6 is 0 Å². The van der Waals surface area contributed by atoms with Crippen molar-refractivity contribution in [1.29, 1.82) is 0 Å². The van der Waals surface area contributed by atoms with Gasteiger partial charge < -0.3 is 10.3 Å². The first-order valence-corrected chi connectivity index (χ1v) is 9.47. The summed E-state index contributed by atoms with van der Waals surface area (Å²) in [5, 5.41) is 3.92. The van der Waals surface area contributed by atoms with Gasteiger partial charge in [0.2, 0.25) is 0 Å². The number of benzene rings is 3. The van der Waals surface area contributed by atoms with E-state index in [0.717, 1.165) is 13.0 Å². The van der Waals surface area contributed by atoms with Crippen LogP contribution < -0.4 is 5.73 Å². The summed E-state index contributed by atoms with van der Waals surface area (Å²) in [6.45, 7) is 6.25. The van der Waals surface area contributed by atoms with Gasteiger partial charge >= 0.3 is 0 Å². The quantitative estimate of drug-likeness (QED) is 0.501. The van der Waals surface area contributed by atoms with Gasteiger partial charge in [0.05, 0.1) is 0 Å². The summed E-state index contributed by atoms with van der Waals surface area (Å²) < 4.78 is 2.40. The van der Waals surface area contributed by atoms with Gasteiger partial charge in [-0.05, 0) is 52.4 Å². The molecule has 0 saturated heterocycles. The molecule has 0 bridgehead atoms. The van der Waals surface area contributed by atoms with Crippen LogP contribution in [0.2, 0.25) is 0 Å². The van der Waals surface area contributed by atoms with Crippen molar-refractivity contribution in [2.24, 2.45) is 11.7 Å². The van der Waals surface area contributed by atoms with Crippen LogP contribution in [0.15, 0.2) is 66.9 Å². The molecule has 0 fully saturated rings. The van der Waals surface area contributed by atoms with E-state index < -0.39 is 0 Å². The van der Waals surface area contributed by atoms with Crippen molar-refractivity contribution in [3.8, 4) is 11.1 Å². The van der Waals surface area contributed by atoms with Gasteiger partial charge in [0.1, 0.15) is 0 Å². The molecule has 132 valence electrons. The second-order valence-corrected chi connectivity index (χ2v) is 7.50. The molecule has 0 atom stereocenters. The van der Waals surface area contributed by atoms with Crippen LogP contribution in [-0.2, 0) is 13.0 Å². The van der Waals surface area contributed by atoms with Crippen molar-refractivity contribution in [3.63, 3.8) is 0 Å². The molecular weight excluding hydrogens is 316 g/mol. The van der Waals surface area contributed by atoms with Crippen molar-refractivity contribution in [2.45, 2.75) is 26.8 Å². The fraction of sp³-hybridized carbons (Fsp3) is 0.250. The Kier molecular flexibility index (Phi) is 4.52. The fourth-order valence-electron chi connectivity index (χ4n) is 3.91. The highest BCUT2D eigenvalue weighted by atomic mass is 15.0. The smallest absolute Gasteiger partial charge is 0.0489 e. The molecule has 0 aliphatic rings. The van der Waals surface area contributed by atoms with Crippen LogP contribution in [0.5, 0.6) is 0 Å². The molecule has 0 aliphatic carbocycles. The Hall–Kier alpha value is -2.58. The first-order chi connectivity index (χ1) is 12.7. The first kappa shape index (κ1) is 16.9. The van der Waals surface area contributed by atoms with Gasteiger partial charge in [-0.15, -0.1) is 0 Å². The summed E-state index contributed by atoms with van der Waals surface area (Å²) in [6, 6.07) is 22.0. The Bertz CT molecular complexity index is 1050. The molecule has 2 heteroatoms. The van der Waals surface area contributed by atoms with E-state index in [2.05, 4.69) is 85.3 Å². The van der Waals surface area contributed by atoms with E-state index in [1.165, 1.54) is 38.4 Å². The Morgan fingerprint density at radius 2 is 1.73 bits per heavy atom. The molecule has 0 radical (unpaired) electrons. The van der Waals surface area contributed by atoms with Crippen molar-refractivity contribution >= 4 is 21.7 Å². The lowest BCUT2D eigenvalue weighted by molar-refractivity contribution is 0.534. The minimum Gasteiger partial charge on any atom is -0.347 e. The SMILES string of the molecule is CC(C)Cn1cc(CCN)c2ccc(-c3cccc4ccccc34)cc21. The lowest BCUT2D eigenvalue weighted by atomic mass is 9.97. The number of rotatable bonds is 5. The third-order valence-electron chi connectivity index (χ3n) is 5.04. The van der Waals surface area contributed by atoms with Crippen LogP contribution in [0.1, 0.15) is 19.4 Å². The number of hydrogen-bond donors (Lipinski definition) is 1. The summed E-state index contributed by atoms with van der Waals surface area (Å²) in [5.41, 5.74) is 11.1. The number of aromatic nitrogens is 1. The van der Waals surface area contributed by atoms with Crippen molar-refractivity contribution in [2.75, 3.05) is 6.54 Å². The molecule has 1 heterocycles. The zero-order chi connectivity index (χ0) is 18.1. The normalized spacial score (nSPS) is 11.7. The summed E-state index contributed by atoms with van der Waals surface area (Å²) in [4.78, 5) is 0. The molecule has 26 heavy (non-hydrogen) atoms. The Balaban J connectivity index is 1.91. The van der Waals surface area contributed by atoms with Crippen LogP contribution in [0.3, 0.4) is 0 Å². The Morgan fingerprint density at radius 3 is 2.54 bits per heavy atom. The lowest BCUT2D eigenvalue weighted by Gasteiger charge is -2.11. The molecular formula is C24H26N2. The van der Waals surface area contributed by atoms with Gasteiger partial charge in [-0.25, -0.2) is 0 Å². The van der Waals surface area contributed by atoms with Crippen LogP contribution in [0.4, 0.5) is 0 Å². The molecule has 1 aromatic heterocycles. The topological polar surface area (TPSA) is 30.9 Å². The molecule has 0 spiro atoms. The third-order valence-corrected chi connectivity index (χ3v) is 5.04. The first-order valence-electron chi connectivity index (χ1n) is 9.47. The van der Waals surface area contributed by atoms with Crippen LogP contribution in [-0.4, -0.2) is 11.1 Å². The maximum atomic E-state index is 5.84. The third kappa shape index (κ3) is 3.02. The molecule has 3 aromatic carbocycles. The van der Waals surface area contributed by atoms with Gasteiger partial charge in [0, 0.05) is 23.6 Å². The van der Waals surface area contributed by atoms with Crippen LogP contribution in [0.25, 0.3) is 32.8 Å². The number of nitrogens with two attached hydrogens (primary N) is 1. The summed E-state index contributed by atoms with van der Waals surface area (Å²) >= 11 is 0. The summed E-state index contributed by atoms with van der Waals surface area (Å²) in [5.74, 6) is 0.609. The zero-order valence-corrected chi connectivity index (χ0v) is 15.6. The van der Waals surface area contributed by atoms with E-state index in [9.17, 15) is 0 Å². The summed E-state index contributed by atoms with van der Waals surface area (Å²) in [6.07, 6.45) is 3.22. The second-order valence-electron chi connectivity index (χ2n) is 7.50. The average molecular weight is 342 g/mol. The van der Waals surface area contributed by atoms with Gasteiger partial charge in [-0.1, -0.05) is 68.4 Å². The molecule has 0 unspecified atom stereocenters. The maximum Gasteiger partial charge on any atom is 0.0489 e. The van der Waals surface area contributed by atoms with Gasteiger partial charge in [0.25, 0.3) is 0 Å². The lowest BCUT2D eigenvalue weighted by Crippen LogP contribution is -2.04. The van der Waals surface area contributed by atoms with E-state index in [1.807, 2.05) is 0 Å². The summed E-state index contributed by atoms with van der Waals surface area (Å²) in [7, 11) is 0. The number of nitrogens with zero attached hydrogens (tertiary/aromatic N) is 1. The van der Waals surface area contributed by atoms with Gasteiger partial charge in [-0.3, -0.25) is 0 Å². The van der Waals surface area contributed by atoms with Crippen molar-refractivity contribution in [1.82, 2.24) is 4.57 Å². The predicted octanol–water partition coefficient (Wildman–Crippen LogP) is 5.62. The minimum atomic E-state index is 0.609. The van der Waals surface area contributed by atoms with Crippen molar-refractivity contribution in [3.05, 3.63) is 72.4 Å². The highest BCUT2D eigenvalue weighted by Crippen LogP contribution is 2.32. The van der Waals surface area contributed by atoms with Gasteiger partial charge in [0.15, 0.2) is 0 Å². The van der Waals surface area contributed by atoms with Gasteiger partial charge in [-0.2, -0.15) is 0 Å². The predicted molar refractivity (Wildman–Crippen MR) is 112 cm³/mol. The Labute approximate surface area is 155 Å². The monoisotopic (exact) mass is 342 g/mol. The van der Waals surface area contributed by atoms with Crippen molar-refractivity contribution < 1.29 is 0 Å². The fourth-order valence-corrected chi connectivity index (χ4v) is 3.91. The molecule has 4 rings (SSSR count). The van der Waals surface area contributed by atoms with Crippen LogP contribution in [0, 0.1) is 5.92 Å². The largest absolute Gasteiger partial charge is 0.347 e. The number of fused-ring (bicyclic) bond motifs is 2. The van der Waals surface area contributed by atoms with E-state index in [1.54, 1.807) is 0 Å². The van der Waals surface area contributed by atoms with E-state index in [0.29, 0.717) is 12.5 Å². The highest BCUT2D eigenvalue weighted by molar-refractivity contribution is 5.99. The average Bonchev–Trinajstić information content (AvgIpc) is 2.98. The van der Waals surface area contributed by atoms with E-state index in [4.69, 9.17) is 5.73 Å². The minimum absolute atomic E-state index is 0.609. The molecule has 0 aliphatic heterocycles. The van der Waals surface area contributed by atoms with E-state index >= 15 is 0 Å². The number of hydrogen-bond acceptors (Lipinski definition) is 1. The second kappa shape index (κ2) is 6.97. The maximum absolute atomic E-state index is 5.84. The molecule has 0 saturated carbocycles. The molecule has 2 nitrogen and oxygen atoms in total. The zero-order valence-electron chi connectivity index (χ0n) is 15.6. The van der Waals surface area contributed by atoms with E-state index in [-0.39, 0.29) is 0 Å². The standard InChI is InChI=1S/C24H26N2/c1-17(2)15-26-16-20(12-13-25)23-11-10-19(14-24(23)26)22-9-5-7-18-6-3-4-8-21(18)22/h3-11,14,16-17H,12-13,15,25H2,1-2H3. The Morgan fingerprint density at radius 1 is 0.923 bits per heavy atom. The highest BCUT2D eigenvalue weighted by Gasteiger charge is 2.11. The molecule has 0 amide bonds.